The van der Waals surface area contributed by atoms with Crippen LogP contribution >= 0.6 is 9.47 Å². The SMILES string of the molecule is CCCCCCCCCCCCCCCCS(=O)(=O)OP. The minimum absolute atomic E-state index is 0.147. The van der Waals surface area contributed by atoms with E-state index in [4.69, 9.17) is 0 Å². The van der Waals surface area contributed by atoms with Crippen LogP contribution in [-0.4, -0.2) is 14.2 Å². The summed E-state index contributed by atoms with van der Waals surface area (Å²) in [5.74, 6) is 0.147. The molecule has 0 aliphatic rings. The predicted octanol–water partition coefficient (Wildman–Crippen LogP) is 5.60. The average molecular weight is 338 g/mol. The molecule has 0 amide bonds. The van der Waals surface area contributed by atoms with E-state index in [-0.39, 0.29) is 5.75 Å². The van der Waals surface area contributed by atoms with Gasteiger partial charge in [-0.05, 0) is 6.42 Å². The second-order valence-electron chi connectivity index (χ2n) is 5.95. The van der Waals surface area contributed by atoms with Crippen LogP contribution in [0.5, 0.6) is 0 Å². The minimum Gasteiger partial charge on any atom is -0.254 e. The molecule has 0 aromatic rings. The lowest BCUT2D eigenvalue weighted by molar-refractivity contribution is 0.509. The molecular weight excluding hydrogens is 303 g/mol. The molecule has 0 heterocycles. The van der Waals surface area contributed by atoms with Crippen LogP contribution in [0.15, 0.2) is 0 Å². The van der Waals surface area contributed by atoms with Crippen LogP contribution in [-0.2, 0) is 14.1 Å². The molecule has 0 spiro atoms. The van der Waals surface area contributed by atoms with Crippen molar-refractivity contribution in [2.24, 2.45) is 0 Å². The van der Waals surface area contributed by atoms with Gasteiger partial charge in [0.2, 0.25) is 0 Å². The lowest BCUT2D eigenvalue weighted by Gasteiger charge is -2.03. The zero-order chi connectivity index (χ0) is 15.8. The van der Waals surface area contributed by atoms with Crippen molar-refractivity contribution in [3.8, 4) is 0 Å². The van der Waals surface area contributed by atoms with Gasteiger partial charge in [-0.1, -0.05) is 90.4 Å². The van der Waals surface area contributed by atoms with Crippen LogP contribution in [0.25, 0.3) is 0 Å². The van der Waals surface area contributed by atoms with Crippen molar-refractivity contribution >= 4 is 19.6 Å². The predicted molar refractivity (Wildman–Crippen MR) is 94.9 cm³/mol. The minimum atomic E-state index is -3.27. The van der Waals surface area contributed by atoms with E-state index < -0.39 is 10.1 Å². The van der Waals surface area contributed by atoms with Crippen molar-refractivity contribution in [2.75, 3.05) is 5.75 Å². The fraction of sp³-hybridized carbons (Fsp3) is 1.00. The highest BCUT2D eigenvalue weighted by atomic mass is 32.2. The maximum absolute atomic E-state index is 11.1. The monoisotopic (exact) mass is 338 g/mol. The Kier molecular flexibility index (Phi) is 15.5. The summed E-state index contributed by atoms with van der Waals surface area (Å²) in [6.07, 6.45) is 17.8. The molecule has 21 heavy (non-hydrogen) atoms. The molecule has 0 aromatic carbocycles. The summed E-state index contributed by atoms with van der Waals surface area (Å²) in [6.45, 7) is 2.26. The van der Waals surface area contributed by atoms with Gasteiger partial charge >= 0.3 is 0 Å². The molecule has 0 bridgehead atoms. The van der Waals surface area contributed by atoms with E-state index >= 15 is 0 Å². The number of hydrogen-bond acceptors (Lipinski definition) is 3. The van der Waals surface area contributed by atoms with E-state index in [1.54, 1.807) is 0 Å². The van der Waals surface area contributed by atoms with E-state index in [9.17, 15) is 8.42 Å². The quantitative estimate of drug-likeness (QED) is 0.271. The molecule has 0 N–H and O–H groups in total. The van der Waals surface area contributed by atoms with Gasteiger partial charge in [0.15, 0.2) is 0 Å². The van der Waals surface area contributed by atoms with Crippen LogP contribution in [0.2, 0.25) is 0 Å². The summed E-state index contributed by atoms with van der Waals surface area (Å²) < 4.78 is 26.5. The Balaban J connectivity index is 3.09. The summed E-state index contributed by atoms with van der Waals surface area (Å²) in [5.41, 5.74) is 0. The van der Waals surface area contributed by atoms with Gasteiger partial charge in [-0.2, -0.15) is 8.42 Å². The van der Waals surface area contributed by atoms with Gasteiger partial charge in [0.25, 0.3) is 10.1 Å². The van der Waals surface area contributed by atoms with E-state index in [2.05, 4.69) is 10.9 Å². The van der Waals surface area contributed by atoms with E-state index in [0.29, 0.717) is 6.42 Å². The van der Waals surface area contributed by atoms with Gasteiger partial charge in [0.05, 0.1) is 5.75 Å². The lowest BCUT2D eigenvalue weighted by Crippen LogP contribution is -2.04. The lowest BCUT2D eigenvalue weighted by atomic mass is 10.0. The summed E-state index contributed by atoms with van der Waals surface area (Å²) in [5, 5.41) is 0. The molecule has 5 heteroatoms. The Hall–Kier alpha value is 0.340. The summed E-state index contributed by atoms with van der Waals surface area (Å²) in [6, 6.07) is 0. The van der Waals surface area contributed by atoms with Gasteiger partial charge in [-0.25, -0.2) is 0 Å². The molecule has 0 aromatic heterocycles. The van der Waals surface area contributed by atoms with E-state index in [1.165, 1.54) is 70.6 Å². The van der Waals surface area contributed by atoms with Gasteiger partial charge in [-0.3, -0.25) is 3.97 Å². The Morgan fingerprint density at radius 2 is 1.00 bits per heavy atom. The van der Waals surface area contributed by atoms with Crippen LogP contribution < -0.4 is 0 Å². The van der Waals surface area contributed by atoms with E-state index in [1.807, 2.05) is 9.47 Å². The molecule has 0 fully saturated rings. The van der Waals surface area contributed by atoms with Crippen molar-refractivity contribution in [1.29, 1.82) is 0 Å². The normalized spacial score (nSPS) is 11.9. The Labute approximate surface area is 135 Å². The Morgan fingerprint density at radius 1 is 0.667 bits per heavy atom. The molecule has 0 rings (SSSR count). The topological polar surface area (TPSA) is 43.4 Å². The van der Waals surface area contributed by atoms with Crippen LogP contribution in [0.4, 0.5) is 0 Å². The second kappa shape index (κ2) is 15.2. The van der Waals surface area contributed by atoms with Gasteiger partial charge < -0.3 is 0 Å². The van der Waals surface area contributed by atoms with E-state index in [0.717, 1.165) is 12.8 Å². The standard InChI is InChI=1S/C16H35O3PS/c1-2-3-4-5-6-7-8-9-10-11-12-13-14-15-16-21(17,18)19-20/h2-16,20H2,1H3. The zero-order valence-corrected chi connectivity index (χ0v) is 15.8. The molecule has 0 aliphatic heterocycles. The third-order valence-corrected chi connectivity index (χ3v) is 5.86. The Bertz CT molecular complexity index is 305. The first-order chi connectivity index (χ1) is 10.1. The first-order valence-corrected chi connectivity index (χ1v) is 10.8. The highest BCUT2D eigenvalue weighted by molar-refractivity contribution is 7.88. The maximum Gasteiger partial charge on any atom is 0.269 e. The highest BCUT2D eigenvalue weighted by Gasteiger charge is 2.06. The molecular formula is C16H35O3PS. The molecule has 1 unspecified atom stereocenters. The summed E-state index contributed by atoms with van der Waals surface area (Å²) in [7, 11) is -1.46. The highest BCUT2D eigenvalue weighted by Crippen LogP contribution is 2.13. The molecule has 0 saturated carbocycles. The largest absolute Gasteiger partial charge is 0.269 e. The van der Waals surface area contributed by atoms with Crippen molar-refractivity contribution in [3.63, 3.8) is 0 Å². The molecule has 0 saturated heterocycles. The number of rotatable bonds is 16. The molecule has 3 nitrogen and oxygen atoms in total. The van der Waals surface area contributed by atoms with Crippen LogP contribution in [0, 0.1) is 0 Å². The summed E-state index contributed by atoms with van der Waals surface area (Å²) >= 11 is 0. The maximum atomic E-state index is 11.1. The number of unbranched alkanes of at least 4 members (excludes halogenated alkanes) is 13. The molecule has 1 atom stereocenters. The first-order valence-electron chi connectivity index (χ1n) is 8.73. The van der Waals surface area contributed by atoms with Crippen molar-refractivity contribution < 1.29 is 12.4 Å². The van der Waals surface area contributed by atoms with Crippen molar-refractivity contribution in [2.45, 2.75) is 96.8 Å². The third-order valence-electron chi connectivity index (χ3n) is 3.89. The van der Waals surface area contributed by atoms with Crippen molar-refractivity contribution in [3.05, 3.63) is 0 Å². The molecule has 0 radical (unpaired) electrons. The third kappa shape index (κ3) is 16.5. The van der Waals surface area contributed by atoms with Gasteiger partial charge in [-0.15, -0.1) is 0 Å². The first kappa shape index (κ1) is 21.3. The smallest absolute Gasteiger partial charge is 0.254 e. The van der Waals surface area contributed by atoms with Crippen molar-refractivity contribution in [1.82, 2.24) is 0 Å². The molecule has 0 aliphatic carbocycles. The molecule has 128 valence electrons. The second-order valence-corrected chi connectivity index (χ2v) is 8.25. The fourth-order valence-electron chi connectivity index (χ4n) is 2.52. The van der Waals surface area contributed by atoms with Crippen LogP contribution in [0.3, 0.4) is 0 Å². The number of hydrogen-bond donors (Lipinski definition) is 0. The van der Waals surface area contributed by atoms with Gasteiger partial charge in [0.1, 0.15) is 0 Å². The van der Waals surface area contributed by atoms with Crippen LogP contribution in [0.1, 0.15) is 96.8 Å². The Morgan fingerprint density at radius 3 is 1.33 bits per heavy atom. The van der Waals surface area contributed by atoms with Gasteiger partial charge in [0, 0.05) is 9.47 Å². The fourth-order valence-corrected chi connectivity index (χ4v) is 3.46. The summed E-state index contributed by atoms with van der Waals surface area (Å²) in [4.78, 5) is 0. The zero-order valence-electron chi connectivity index (χ0n) is 13.8. The average Bonchev–Trinajstić information content (AvgIpc) is 2.47.